The first-order valence-electron chi connectivity index (χ1n) is 6.02. The summed E-state index contributed by atoms with van der Waals surface area (Å²) in [5, 5.41) is 13.6. The number of benzene rings is 1. The maximum Gasteiger partial charge on any atom is 0.121 e. The zero-order valence-electron chi connectivity index (χ0n) is 9.79. The van der Waals surface area contributed by atoms with E-state index in [1.54, 1.807) is 18.2 Å². The van der Waals surface area contributed by atoms with Gasteiger partial charge in [0.1, 0.15) is 5.75 Å². The zero-order chi connectivity index (χ0) is 12.1. The lowest BCUT2D eigenvalue weighted by atomic mass is 10.0. The lowest BCUT2D eigenvalue weighted by Crippen LogP contribution is -2.28. The van der Waals surface area contributed by atoms with Crippen LogP contribution in [0.3, 0.4) is 0 Å². The van der Waals surface area contributed by atoms with Crippen LogP contribution in [0.4, 0.5) is 0 Å². The van der Waals surface area contributed by atoms with Gasteiger partial charge in [0.25, 0.3) is 0 Å². The summed E-state index contributed by atoms with van der Waals surface area (Å²) in [7, 11) is 0. The predicted molar refractivity (Wildman–Crippen MR) is 68.4 cm³/mol. The highest BCUT2D eigenvalue weighted by Gasteiger charge is 2.13. The number of hydrogen-bond donors (Lipinski definition) is 2. The van der Waals surface area contributed by atoms with Gasteiger partial charge in [0, 0.05) is 30.3 Å². The quantitative estimate of drug-likeness (QED) is 0.869. The third-order valence-electron chi connectivity index (χ3n) is 3.08. The van der Waals surface area contributed by atoms with Gasteiger partial charge in [0.2, 0.25) is 0 Å². The number of phenolic OH excluding ortho intramolecular Hbond substituents is 1. The van der Waals surface area contributed by atoms with Crippen LogP contribution in [0.25, 0.3) is 0 Å². The van der Waals surface area contributed by atoms with Gasteiger partial charge >= 0.3 is 0 Å². The third-order valence-corrected chi connectivity index (χ3v) is 3.44. The van der Waals surface area contributed by atoms with Gasteiger partial charge in [-0.2, -0.15) is 0 Å². The molecule has 2 rings (SSSR count). The Morgan fingerprint density at radius 2 is 2.35 bits per heavy atom. The predicted octanol–water partition coefficient (Wildman–Crippen LogP) is 2.56. The standard InChI is InChI=1S/C13H18ClNO2/c14-12-4-1-5-13(16)11(12)8-15-7-10-3-2-6-17-9-10/h1,4-5,10,15-16H,2-3,6-9H2. The van der Waals surface area contributed by atoms with E-state index < -0.39 is 0 Å². The first-order valence-corrected chi connectivity index (χ1v) is 6.40. The van der Waals surface area contributed by atoms with Crippen molar-refractivity contribution in [1.82, 2.24) is 5.32 Å². The Morgan fingerprint density at radius 3 is 3.06 bits per heavy atom. The highest BCUT2D eigenvalue weighted by atomic mass is 35.5. The number of phenols is 1. The minimum absolute atomic E-state index is 0.255. The van der Waals surface area contributed by atoms with Crippen molar-refractivity contribution >= 4 is 11.6 Å². The molecule has 0 amide bonds. The summed E-state index contributed by atoms with van der Waals surface area (Å²) in [5.41, 5.74) is 0.769. The molecule has 1 unspecified atom stereocenters. The Labute approximate surface area is 107 Å². The zero-order valence-corrected chi connectivity index (χ0v) is 10.5. The average Bonchev–Trinajstić information content (AvgIpc) is 2.34. The lowest BCUT2D eigenvalue weighted by Gasteiger charge is -2.22. The van der Waals surface area contributed by atoms with E-state index in [0.29, 0.717) is 17.5 Å². The summed E-state index contributed by atoms with van der Waals surface area (Å²) in [6.07, 6.45) is 2.35. The van der Waals surface area contributed by atoms with Crippen molar-refractivity contribution in [1.29, 1.82) is 0 Å². The van der Waals surface area contributed by atoms with E-state index in [-0.39, 0.29) is 5.75 Å². The van der Waals surface area contributed by atoms with Crippen LogP contribution in [-0.2, 0) is 11.3 Å². The topological polar surface area (TPSA) is 41.5 Å². The number of hydrogen-bond acceptors (Lipinski definition) is 3. The molecule has 0 spiro atoms. The molecule has 1 fully saturated rings. The molecular formula is C13H18ClNO2. The highest BCUT2D eigenvalue weighted by molar-refractivity contribution is 6.31. The summed E-state index contributed by atoms with van der Waals surface area (Å²) in [6.45, 7) is 3.23. The van der Waals surface area contributed by atoms with Gasteiger partial charge in [0.05, 0.1) is 6.61 Å². The molecular weight excluding hydrogens is 238 g/mol. The lowest BCUT2D eigenvalue weighted by molar-refractivity contribution is 0.0547. The van der Waals surface area contributed by atoms with E-state index >= 15 is 0 Å². The van der Waals surface area contributed by atoms with Crippen LogP contribution in [0.5, 0.6) is 5.75 Å². The molecule has 0 radical (unpaired) electrons. The van der Waals surface area contributed by atoms with Crippen molar-refractivity contribution in [3.8, 4) is 5.75 Å². The van der Waals surface area contributed by atoms with Crippen molar-refractivity contribution in [2.75, 3.05) is 19.8 Å². The number of rotatable bonds is 4. The summed E-state index contributed by atoms with van der Waals surface area (Å²) in [6, 6.07) is 5.20. The number of ether oxygens (including phenoxy) is 1. The van der Waals surface area contributed by atoms with Gasteiger partial charge < -0.3 is 15.2 Å². The van der Waals surface area contributed by atoms with Gasteiger partial charge in [-0.15, -0.1) is 0 Å². The fourth-order valence-electron chi connectivity index (χ4n) is 2.09. The molecule has 1 heterocycles. The van der Waals surface area contributed by atoms with Crippen molar-refractivity contribution in [2.24, 2.45) is 5.92 Å². The van der Waals surface area contributed by atoms with Crippen LogP contribution >= 0.6 is 11.6 Å². The van der Waals surface area contributed by atoms with Gasteiger partial charge in [0.15, 0.2) is 0 Å². The highest BCUT2D eigenvalue weighted by Crippen LogP contribution is 2.24. The summed E-state index contributed by atoms with van der Waals surface area (Å²) in [4.78, 5) is 0. The molecule has 0 saturated carbocycles. The van der Waals surface area contributed by atoms with Crippen LogP contribution in [0.2, 0.25) is 5.02 Å². The van der Waals surface area contributed by atoms with Gasteiger partial charge in [-0.25, -0.2) is 0 Å². The molecule has 2 N–H and O–H groups in total. The van der Waals surface area contributed by atoms with Crippen LogP contribution in [0.1, 0.15) is 18.4 Å². The smallest absolute Gasteiger partial charge is 0.121 e. The van der Waals surface area contributed by atoms with E-state index in [4.69, 9.17) is 16.3 Å². The van der Waals surface area contributed by atoms with Crippen molar-refractivity contribution in [2.45, 2.75) is 19.4 Å². The summed E-state index contributed by atoms with van der Waals surface area (Å²) >= 11 is 6.03. The second-order valence-corrected chi connectivity index (χ2v) is 4.86. The van der Waals surface area contributed by atoms with E-state index in [1.165, 1.54) is 6.42 Å². The normalized spacial score (nSPS) is 20.4. The molecule has 94 valence electrons. The molecule has 0 aromatic heterocycles. The van der Waals surface area contributed by atoms with Crippen LogP contribution in [-0.4, -0.2) is 24.9 Å². The van der Waals surface area contributed by atoms with Crippen molar-refractivity contribution < 1.29 is 9.84 Å². The van der Waals surface area contributed by atoms with Crippen LogP contribution in [0, 0.1) is 5.92 Å². The molecule has 1 aliphatic heterocycles. The Hall–Kier alpha value is -0.770. The van der Waals surface area contributed by atoms with E-state index in [2.05, 4.69) is 5.32 Å². The first kappa shape index (κ1) is 12.7. The third kappa shape index (κ3) is 3.60. The van der Waals surface area contributed by atoms with Crippen molar-refractivity contribution in [3.63, 3.8) is 0 Å². The first-order chi connectivity index (χ1) is 8.27. The van der Waals surface area contributed by atoms with Crippen LogP contribution < -0.4 is 5.32 Å². The van der Waals surface area contributed by atoms with E-state index in [0.717, 1.165) is 31.7 Å². The fraction of sp³-hybridized carbons (Fsp3) is 0.538. The minimum Gasteiger partial charge on any atom is -0.508 e. The SMILES string of the molecule is Oc1cccc(Cl)c1CNCC1CCCOC1. The number of nitrogens with one attached hydrogen (secondary N) is 1. The Kier molecular flexibility index (Phi) is 4.66. The maximum absolute atomic E-state index is 9.68. The average molecular weight is 256 g/mol. The van der Waals surface area contributed by atoms with E-state index in [1.807, 2.05) is 0 Å². The Bertz CT molecular complexity index is 344. The van der Waals surface area contributed by atoms with Gasteiger partial charge in [-0.05, 0) is 30.9 Å². The molecule has 1 aromatic rings. The van der Waals surface area contributed by atoms with Crippen molar-refractivity contribution in [3.05, 3.63) is 28.8 Å². The molecule has 1 aliphatic rings. The largest absolute Gasteiger partial charge is 0.508 e. The Balaban J connectivity index is 1.81. The molecule has 17 heavy (non-hydrogen) atoms. The monoisotopic (exact) mass is 255 g/mol. The molecule has 1 atom stereocenters. The van der Waals surface area contributed by atoms with Gasteiger partial charge in [-0.1, -0.05) is 17.7 Å². The maximum atomic E-state index is 9.68. The number of aromatic hydroxyl groups is 1. The van der Waals surface area contributed by atoms with Gasteiger partial charge in [-0.3, -0.25) is 0 Å². The second-order valence-electron chi connectivity index (χ2n) is 4.45. The fourth-order valence-corrected chi connectivity index (χ4v) is 2.33. The summed E-state index contributed by atoms with van der Waals surface area (Å²) in [5.74, 6) is 0.832. The van der Waals surface area contributed by atoms with E-state index in [9.17, 15) is 5.11 Å². The Morgan fingerprint density at radius 1 is 1.47 bits per heavy atom. The number of halogens is 1. The molecule has 4 heteroatoms. The summed E-state index contributed by atoms with van der Waals surface area (Å²) < 4.78 is 5.42. The molecule has 1 saturated heterocycles. The second kappa shape index (κ2) is 6.24. The molecule has 3 nitrogen and oxygen atoms in total. The minimum atomic E-state index is 0.255. The molecule has 0 bridgehead atoms. The molecule has 1 aromatic carbocycles. The van der Waals surface area contributed by atoms with Crippen LogP contribution in [0.15, 0.2) is 18.2 Å². The molecule has 0 aliphatic carbocycles.